The van der Waals surface area contributed by atoms with E-state index in [0.717, 1.165) is 18.9 Å². The predicted molar refractivity (Wildman–Crippen MR) is 91.7 cm³/mol. The van der Waals surface area contributed by atoms with Crippen LogP contribution >= 0.6 is 0 Å². The lowest BCUT2D eigenvalue weighted by Crippen LogP contribution is -2.53. The van der Waals surface area contributed by atoms with E-state index in [0.29, 0.717) is 30.9 Å². The summed E-state index contributed by atoms with van der Waals surface area (Å²) in [5, 5.41) is 0. The lowest BCUT2D eigenvalue weighted by molar-refractivity contribution is -0.137. The molecule has 0 aromatic heterocycles. The molecular weight excluding hydrogens is 345 g/mol. The number of rotatable bonds is 4. The molecule has 2 fully saturated rings. The molecule has 1 amide bonds. The second kappa shape index (κ2) is 7.47. The number of amides is 1. The molecule has 0 heterocycles. The van der Waals surface area contributed by atoms with Crippen LogP contribution in [0.15, 0.2) is 24.3 Å². The molecule has 1 aromatic carbocycles. The van der Waals surface area contributed by atoms with Gasteiger partial charge in [0, 0.05) is 12.1 Å². The highest BCUT2D eigenvalue weighted by atomic mass is 19.4. The van der Waals surface area contributed by atoms with Gasteiger partial charge in [-0.05, 0) is 56.7 Å². The van der Waals surface area contributed by atoms with E-state index in [-0.39, 0.29) is 18.1 Å². The number of carbonyl (C=O) groups excluding carboxylic acids is 1. The Kier molecular flexibility index (Phi) is 5.46. The van der Waals surface area contributed by atoms with Crippen LogP contribution in [0.2, 0.25) is 0 Å². The molecule has 0 saturated heterocycles. The first-order valence-electron chi connectivity index (χ1n) is 9.11. The molecule has 3 rings (SSSR count). The molecule has 2 N–H and O–H groups in total. The summed E-state index contributed by atoms with van der Waals surface area (Å²) in [6, 6.07) is 5.99. The molecule has 0 spiro atoms. The fraction of sp³-hybridized carbons (Fsp3) is 0.632. The molecule has 0 bridgehead atoms. The van der Waals surface area contributed by atoms with Crippen LogP contribution in [0.4, 0.5) is 18.0 Å². The van der Waals surface area contributed by atoms with Crippen molar-refractivity contribution in [3.8, 4) is 0 Å². The first-order valence-corrected chi connectivity index (χ1v) is 9.11. The van der Waals surface area contributed by atoms with Gasteiger partial charge in [0.1, 0.15) is 6.10 Å². The van der Waals surface area contributed by atoms with E-state index in [2.05, 4.69) is 4.90 Å². The zero-order valence-corrected chi connectivity index (χ0v) is 14.8. The van der Waals surface area contributed by atoms with Gasteiger partial charge in [-0.25, -0.2) is 4.79 Å². The second-order valence-corrected chi connectivity index (χ2v) is 7.43. The van der Waals surface area contributed by atoms with E-state index < -0.39 is 17.8 Å². The smallest absolute Gasteiger partial charge is 0.416 e. The number of hydrogen-bond acceptors (Lipinski definition) is 3. The molecule has 2 saturated carbocycles. The summed E-state index contributed by atoms with van der Waals surface area (Å²) in [5.41, 5.74) is 5.30. The lowest BCUT2D eigenvalue weighted by Gasteiger charge is -2.46. The van der Waals surface area contributed by atoms with E-state index >= 15 is 0 Å². The van der Waals surface area contributed by atoms with Gasteiger partial charge in [-0.3, -0.25) is 4.90 Å². The topological polar surface area (TPSA) is 55.6 Å². The summed E-state index contributed by atoms with van der Waals surface area (Å²) in [5.74, 6) is 0.0116. The number of primary amides is 1. The molecule has 2 aliphatic rings. The van der Waals surface area contributed by atoms with Crippen LogP contribution in [0.1, 0.15) is 55.6 Å². The number of hydrogen-bond donors (Lipinski definition) is 1. The van der Waals surface area contributed by atoms with E-state index in [1.807, 2.05) is 7.05 Å². The van der Waals surface area contributed by atoms with Gasteiger partial charge < -0.3 is 10.5 Å². The van der Waals surface area contributed by atoms with Gasteiger partial charge in [-0.1, -0.05) is 24.6 Å². The lowest BCUT2D eigenvalue weighted by atomic mass is 9.77. The predicted octanol–water partition coefficient (Wildman–Crippen LogP) is 4.29. The Hall–Kier alpha value is -1.76. The molecule has 0 unspecified atom stereocenters. The van der Waals surface area contributed by atoms with Gasteiger partial charge in [0.05, 0.1) is 5.56 Å². The standard InChI is InChI=1S/C19H25F3N2O2/c1-24(15-6-3-7-15)16-11-13(8-9-17(16)26-18(23)25)12-4-2-5-14(10-12)19(20,21)22/h2,4-5,10,13,15-17H,3,6-9,11H2,1H3,(H2,23,25)/t13-,16-,17-/m0/s1. The van der Waals surface area contributed by atoms with Crippen molar-refractivity contribution >= 4 is 6.09 Å². The number of nitrogens with zero attached hydrogens (tertiary/aromatic N) is 1. The van der Waals surface area contributed by atoms with Gasteiger partial charge in [-0.2, -0.15) is 13.2 Å². The number of halogens is 3. The summed E-state index contributed by atoms with van der Waals surface area (Å²) in [7, 11) is 2.01. The molecule has 26 heavy (non-hydrogen) atoms. The molecule has 1 aromatic rings. The van der Waals surface area contributed by atoms with Gasteiger partial charge in [-0.15, -0.1) is 0 Å². The van der Waals surface area contributed by atoms with Crippen LogP contribution in [0, 0.1) is 0 Å². The third-order valence-electron chi connectivity index (χ3n) is 5.88. The maximum absolute atomic E-state index is 13.0. The highest BCUT2D eigenvalue weighted by Crippen LogP contribution is 2.40. The third-order valence-corrected chi connectivity index (χ3v) is 5.88. The van der Waals surface area contributed by atoms with Crippen molar-refractivity contribution in [3.63, 3.8) is 0 Å². The number of alkyl halides is 3. The van der Waals surface area contributed by atoms with Gasteiger partial charge >= 0.3 is 12.3 Å². The van der Waals surface area contributed by atoms with Crippen LogP contribution in [0.5, 0.6) is 0 Å². The summed E-state index contributed by atoms with van der Waals surface area (Å²) in [6.07, 6.45) is -0.120. The van der Waals surface area contributed by atoms with E-state index in [1.165, 1.54) is 18.6 Å². The average molecular weight is 370 g/mol. The Bertz CT molecular complexity index is 646. The number of likely N-dealkylation sites (N-methyl/N-ethyl adjacent to an activating group) is 1. The quantitative estimate of drug-likeness (QED) is 0.860. The number of benzene rings is 1. The van der Waals surface area contributed by atoms with E-state index in [9.17, 15) is 18.0 Å². The Labute approximate surface area is 151 Å². The minimum atomic E-state index is -4.34. The Morgan fingerprint density at radius 1 is 1.23 bits per heavy atom. The molecule has 3 atom stereocenters. The van der Waals surface area contributed by atoms with Crippen molar-refractivity contribution in [1.29, 1.82) is 0 Å². The van der Waals surface area contributed by atoms with Gasteiger partial charge in [0.2, 0.25) is 0 Å². The van der Waals surface area contributed by atoms with Crippen LogP contribution in [-0.2, 0) is 10.9 Å². The fourth-order valence-corrected chi connectivity index (χ4v) is 4.17. The minimum Gasteiger partial charge on any atom is -0.445 e. The van der Waals surface area contributed by atoms with Crippen LogP contribution < -0.4 is 5.73 Å². The zero-order chi connectivity index (χ0) is 18.9. The normalized spacial score (nSPS) is 27.2. The van der Waals surface area contributed by atoms with Crippen LogP contribution in [0.3, 0.4) is 0 Å². The molecular formula is C19H25F3N2O2. The van der Waals surface area contributed by atoms with E-state index in [1.54, 1.807) is 6.07 Å². The summed E-state index contributed by atoms with van der Waals surface area (Å²) in [4.78, 5) is 13.5. The minimum absolute atomic E-state index is 0.0116. The van der Waals surface area contributed by atoms with Gasteiger partial charge in [0.25, 0.3) is 0 Å². The number of carbonyl (C=O) groups is 1. The molecule has 0 aliphatic heterocycles. The average Bonchev–Trinajstić information content (AvgIpc) is 2.52. The maximum atomic E-state index is 13.0. The monoisotopic (exact) mass is 370 g/mol. The fourth-order valence-electron chi connectivity index (χ4n) is 4.17. The third kappa shape index (κ3) is 4.14. The summed E-state index contributed by atoms with van der Waals surface area (Å²) in [6.45, 7) is 0. The first-order chi connectivity index (χ1) is 12.3. The molecule has 2 aliphatic carbocycles. The number of nitrogens with two attached hydrogens (primary N) is 1. The van der Waals surface area contributed by atoms with E-state index in [4.69, 9.17) is 10.5 Å². The first kappa shape index (κ1) is 19.0. The zero-order valence-electron chi connectivity index (χ0n) is 14.8. The highest BCUT2D eigenvalue weighted by Gasteiger charge is 2.40. The SMILES string of the molecule is CN(C1CCC1)[C@H]1C[C@@H](c2cccc(C(F)(F)F)c2)CC[C@@H]1OC(N)=O. The summed E-state index contributed by atoms with van der Waals surface area (Å²) >= 11 is 0. The van der Waals surface area contributed by atoms with Crippen molar-refractivity contribution < 1.29 is 22.7 Å². The molecule has 4 nitrogen and oxygen atoms in total. The highest BCUT2D eigenvalue weighted by molar-refractivity contribution is 5.64. The molecule has 7 heteroatoms. The van der Waals surface area contributed by atoms with Crippen molar-refractivity contribution in [2.24, 2.45) is 5.73 Å². The van der Waals surface area contributed by atoms with Crippen molar-refractivity contribution in [1.82, 2.24) is 4.90 Å². The van der Waals surface area contributed by atoms with Crippen LogP contribution in [0.25, 0.3) is 0 Å². The summed E-state index contributed by atoms with van der Waals surface area (Å²) < 4.78 is 44.4. The largest absolute Gasteiger partial charge is 0.445 e. The van der Waals surface area contributed by atoms with Crippen LogP contribution in [-0.4, -0.2) is 36.2 Å². The molecule has 0 radical (unpaired) electrons. The van der Waals surface area contributed by atoms with Crippen molar-refractivity contribution in [2.75, 3.05) is 7.05 Å². The van der Waals surface area contributed by atoms with Crippen molar-refractivity contribution in [2.45, 2.75) is 68.8 Å². The Balaban J connectivity index is 1.79. The number of ether oxygens (including phenoxy) is 1. The van der Waals surface area contributed by atoms with Gasteiger partial charge in [0.15, 0.2) is 0 Å². The maximum Gasteiger partial charge on any atom is 0.416 e. The Morgan fingerprint density at radius 3 is 2.54 bits per heavy atom. The van der Waals surface area contributed by atoms with Crippen molar-refractivity contribution in [3.05, 3.63) is 35.4 Å². The Morgan fingerprint density at radius 2 is 1.96 bits per heavy atom. The second-order valence-electron chi connectivity index (χ2n) is 7.43. The molecule has 144 valence electrons.